The van der Waals surface area contributed by atoms with E-state index >= 15 is 0 Å². The lowest BCUT2D eigenvalue weighted by molar-refractivity contribution is 0.0457. The van der Waals surface area contributed by atoms with Crippen LogP contribution in [0, 0.1) is 0 Å². The lowest BCUT2D eigenvalue weighted by Crippen LogP contribution is -2.10. The molecule has 0 aliphatic rings. The predicted octanol–water partition coefficient (Wildman–Crippen LogP) is 1.24. The number of hydrogen-bond donors (Lipinski definition) is 1. The fraction of sp³-hybridized carbons (Fsp3) is 0.250. The molecule has 2 rings (SSSR count). The summed E-state index contributed by atoms with van der Waals surface area (Å²) in [4.78, 5) is 15.8. The molecule has 0 amide bonds. The topological polar surface area (TPSA) is 83.0 Å². The highest BCUT2D eigenvalue weighted by atomic mass is 16.5. The van der Waals surface area contributed by atoms with Crippen molar-refractivity contribution in [1.82, 2.24) is 14.8 Å². The molecule has 0 bridgehead atoms. The van der Waals surface area contributed by atoms with E-state index in [-0.39, 0.29) is 6.61 Å². The van der Waals surface area contributed by atoms with Gasteiger partial charge in [0, 0.05) is 12.2 Å². The number of hydrogen-bond acceptors (Lipinski definition) is 5. The van der Waals surface area contributed by atoms with Gasteiger partial charge >= 0.3 is 5.97 Å². The maximum atomic E-state index is 11.8. The predicted molar refractivity (Wildman–Crippen MR) is 65.7 cm³/mol. The van der Waals surface area contributed by atoms with Crippen LogP contribution in [-0.4, -0.2) is 20.7 Å². The molecule has 1 aromatic heterocycles. The lowest BCUT2D eigenvalue weighted by Gasteiger charge is -2.05. The monoisotopic (exact) mass is 246 g/mol. The first-order chi connectivity index (χ1) is 8.70. The van der Waals surface area contributed by atoms with Crippen molar-refractivity contribution in [3.8, 4) is 0 Å². The first-order valence-corrected chi connectivity index (χ1v) is 5.60. The molecule has 2 aromatic rings. The minimum atomic E-state index is -0.423. The maximum Gasteiger partial charge on any atom is 0.338 e. The molecule has 94 valence electrons. The normalized spacial score (nSPS) is 10.3. The smallest absolute Gasteiger partial charge is 0.338 e. The Hall–Kier alpha value is -2.37. The zero-order chi connectivity index (χ0) is 13.0. The van der Waals surface area contributed by atoms with Crippen LogP contribution in [0.25, 0.3) is 0 Å². The molecule has 0 fully saturated rings. The number of nitrogen functional groups attached to an aromatic ring is 1. The highest BCUT2D eigenvalue weighted by molar-refractivity contribution is 5.90. The molecule has 1 heterocycles. The van der Waals surface area contributed by atoms with Crippen LogP contribution in [0.3, 0.4) is 0 Å². The Morgan fingerprint density at radius 2 is 2.33 bits per heavy atom. The summed E-state index contributed by atoms with van der Waals surface area (Å²) in [6.45, 7) is 2.73. The Morgan fingerprint density at radius 1 is 1.50 bits per heavy atom. The zero-order valence-corrected chi connectivity index (χ0v) is 10.0. The summed E-state index contributed by atoms with van der Waals surface area (Å²) >= 11 is 0. The number of nitrogens with zero attached hydrogens (tertiary/aromatic N) is 3. The first kappa shape index (κ1) is 12.1. The minimum absolute atomic E-state index is 0.0987. The molecule has 2 N–H and O–H groups in total. The fourth-order valence-corrected chi connectivity index (χ4v) is 1.54. The zero-order valence-electron chi connectivity index (χ0n) is 10.0. The Morgan fingerprint density at radius 3 is 3.06 bits per heavy atom. The number of nitrogens with two attached hydrogens (primary N) is 1. The number of aromatic nitrogens is 3. The molecule has 6 nitrogen and oxygen atoms in total. The number of rotatable bonds is 4. The second kappa shape index (κ2) is 5.31. The molecule has 18 heavy (non-hydrogen) atoms. The van der Waals surface area contributed by atoms with Crippen molar-refractivity contribution in [1.29, 1.82) is 0 Å². The molecule has 0 atom stereocenters. The van der Waals surface area contributed by atoms with E-state index in [1.54, 1.807) is 28.9 Å². The second-order valence-electron chi connectivity index (χ2n) is 3.69. The molecule has 6 heteroatoms. The van der Waals surface area contributed by atoms with E-state index in [0.717, 1.165) is 0 Å². The summed E-state index contributed by atoms with van der Waals surface area (Å²) < 4.78 is 6.83. The highest BCUT2D eigenvalue weighted by Crippen LogP contribution is 2.09. The van der Waals surface area contributed by atoms with Crippen LogP contribution in [0.4, 0.5) is 5.69 Å². The summed E-state index contributed by atoms with van der Waals surface area (Å²) in [6, 6.07) is 6.65. The number of esters is 1. The SMILES string of the molecule is CCn1ncnc1COC(=O)c1cccc(N)c1. The Kier molecular flexibility index (Phi) is 3.57. The number of aryl methyl sites for hydroxylation is 1. The minimum Gasteiger partial charge on any atom is -0.454 e. The third-order valence-electron chi connectivity index (χ3n) is 2.45. The summed E-state index contributed by atoms with van der Waals surface area (Å²) in [5.74, 6) is 0.197. The van der Waals surface area contributed by atoms with Crippen molar-refractivity contribution in [2.45, 2.75) is 20.1 Å². The average Bonchev–Trinajstić information content (AvgIpc) is 2.83. The van der Waals surface area contributed by atoms with Crippen molar-refractivity contribution in [2.24, 2.45) is 0 Å². The summed E-state index contributed by atoms with van der Waals surface area (Å²) in [5.41, 5.74) is 6.56. The molecule has 0 unspecified atom stereocenters. The van der Waals surface area contributed by atoms with Crippen molar-refractivity contribution in [3.05, 3.63) is 42.0 Å². The van der Waals surface area contributed by atoms with Gasteiger partial charge in [-0.05, 0) is 25.1 Å². The molecule has 0 saturated carbocycles. The van der Waals surface area contributed by atoms with Gasteiger partial charge in [0.2, 0.25) is 0 Å². The summed E-state index contributed by atoms with van der Waals surface area (Å²) in [6.07, 6.45) is 1.44. The van der Waals surface area contributed by atoms with Gasteiger partial charge in [-0.3, -0.25) is 0 Å². The van der Waals surface area contributed by atoms with Crippen LogP contribution in [0.15, 0.2) is 30.6 Å². The lowest BCUT2D eigenvalue weighted by atomic mass is 10.2. The molecular formula is C12H14N4O2. The van der Waals surface area contributed by atoms with Gasteiger partial charge in [0.15, 0.2) is 12.4 Å². The van der Waals surface area contributed by atoms with E-state index in [0.29, 0.717) is 23.6 Å². The van der Waals surface area contributed by atoms with E-state index in [2.05, 4.69) is 10.1 Å². The van der Waals surface area contributed by atoms with Gasteiger partial charge in [-0.15, -0.1) is 0 Å². The molecule has 0 saturated heterocycles. The third kappa shape index (κ3) is 2.65. The molecule has 0 radical (unpaired) electrons. The van der Waals surface area contributed by atoms with E-state index < -0.39 is 5.97 Å². The fourth-order valence-electron chi connectivity index (χ4n) is 1.54. The standard InChI is InChI=1S/C12H14N4O2/c1-2-16-11(14-8-15-16)7-18-12(17)9-4-3-5-10(13)6-9/h3-6,8H,2,7,13H2,1H3. The van der Waals surface area contributed by atoms with Crippen molar-refractivity contribution in [3.63, 3.8) is 0 Å². The molecule has 0 aliphatic carbocycles. The van der Waals surface area contributed by atoms with Crippen LogP contribution in [-0.2, 0) is 17.9 Å². The van der Waals surface area contributed by atoms with Gasteiger partial charge < -0.3 is 10.5 Å². The van der Waals surface area contributed by atoms with Crippen LogP contribution in [0.5, 0.6) is 0 Å². The van der Waals surface area contributed by atoms with E-state index in [4.69, 9.17) is 10.5 Å². The van der Waals surface area contributed by atoms with Gasteiger partial charge in [0.05, 0.1) is 5.56 Å². The third-order valence-corrected chi connectivity index (χ3v) is 2.45. The molecule has 0 aliphatic heterocycles. The van der Waals surface area contributed by atoms with Gasteiger partial charge in [0.1, 0.15) is 6.33 Å². The molecular weight excluding hydrogens is 232 g/mol. The van der Waals surface area contributed by atoms with E-state index in [9.17, 15) is 4.79 Å². The van der Waals surface area contributed by atoms with Crippen LogP contribution < -0.4 is 5.73 Å². The van der Waals surface area contributed by atoms with Crippen LogP contribution in [0.1, 0.15) is 23.1 Å². The number of carbonyl (C=O) groups is 1. The molecule has 1 aromatic carbocycles. The van der Waals surface area contributed by atoms with E-state index in [1.165, 1.54) is 6.33 Å². The van der Waals surface area contributed by atoms with Crippen LogP contribution >= 0.6 is 0 Å². The largest absolute Gasteiger partial charge is 0.454 e. The average molecular weight is 246 g/mol. The van der Waals surface area contributed by atoms with Crippen molar-refractivity contribution < 1.29 is 9.53 Å². The van der Waals surface area contributed by atoms with Gasteiger partial charge in [-0.2, -0.15) is 5.10 Å². The quantitative estimate of drug-likeness (QED) is 0.648. The number of benzene rings is 1. The Bertz CT molecular complexity index is 551. The number of anilines is 1. The highest BCUT2D eigenvalue weighted by Gasteiger charge is 2.10. The summed E-state index contributed by atoms with van der Waals surface area (Å²) in [7, 11) is 0. The second-order valence-corrected chi connectivity index (χ2v) is 3.69. The van der Waals surface area contributed by atoms with Crippen molar-refractivity contribution >= 4 is 11.7 Å². The summed E-state index contributed by atoms with van der Waals surface area (Å²) in [5, 5.41) is 3.99. The first-order valence-electron chi connectivity index (χ1n) is 5.60. The number of ether oxygens (including phenoxy) is 1. The molecule has 0 spiro atoms. The van der Waals surface area contributed by atoms with Crippen molar-refractivity contribution in [2.75, 3.05) is 5.73 Å². The van der Waals surface area contributed by atoms with Crippen LogP contribution in [0.2, 0.25) is 0 Å². The van der Waals surface area contributed by atoms with E-state index in [1.807, 2.05) is 6.92 Å². The Balaban J connectivity index is 2.00. The Labute approximate surface area is 104 Å². The van der Waals surface area contributed by atoms with Gasteiger partial charge in [0.25, 0.3) is 0 Å². The van der Waals surface area contributed by atoms with Gasteiger partial charge in [-0.1, -0.05) is 6.07 Å². The van der Waals surface area contributed by atoms with Gasteiger partial charge in [-0.25, -0.2) is 14.5 Å². The number of carbonyl (C=O) groups excluding carboxylic acids is 1. The maximum absolute atomic E-state index is 11.8.